The number of nitrogens with one attached hydrogen (secondary N) is 1. The molecule has 0 unspecified atom stereocenters. The van der Waals surface area contributed by atoms with Gasteiger partial charge in [-0.25, -0.2) is 4.98 Å². The fraction of sp³-hybridized carbons (Fsp3) is 0.435. The van der Waals surface area contributed by atoms with Crippen LogP contribution < -0.4 is 9.47 Å². The van der Waals surface area contributed by atoms with Gasteiger partial charge < -0.3 is 14.6 Å². The van der Waals surface area contributed by atoms with Crippen LogP contribution >= 0.6 is 0 Å². The lowest BCUT2D eigenvalue weighted by Gasteiger charge is -2.23. The van der Waals surface area contributed by atoms with E-state index in [1.807, 2.05) is 19.1 Å². The Morgan fingerprint density at radius 3 is 2.66 bits per heavy atom. The lowest BCUT2D eigenvalue weighted by molar-refractivity contribution is -0.148. The van der Waals surface area contributed by atoms with Crippen molar-refractivity contribution in [2.24, 2.45) is 11.3 Å². The molecule has 1 aliphatic rings. The van der Waals surface area contributed by atoms with E-state index in [2.05, 4.69) is 25.1 Å². The van der Waals surface area contributed by atoms with Crippen molar-refractivity contribution in [3.05, 3.63) is 36.2 Å². The molecule has 32 heavy (non-hydrogen) atoms. The molecule has 168 valence electrons. The standard InChI is InChI=1S/C23H27N5O4/c1-14-9-19(32-13-23(2,3)21(29)30)25-11-17(14)16-7-8-18(24-10-16)20-26-22(28-27-20)31-12-15-5-4-6-15/h7-11,15H,4-6,12-13H2,1-3H3,(H,29,30)(H,26,27,28). The number of hydrogen-bond donors (Lipinski definition) is 2. The van der Waals surface area contributed by atoms with Gasteiger partial charge in [0.15, 0.2) is 5.82 Å². The SMILES string of the molecule is Cc1cc(OCC(C)(C)C(=O)O)ncc1-c1ccc(-c2nc(OCC3CCC3)n[nH]2)nc1. The van der Waals surface area contributed by atoms with E-state index in [1.165, 1.54) is 19.3 Å². The van der Waals surface area contributed by atoms with Gasteiger partial charge in [-0.3, -0.25) is 14.9 Å². The van der Waals surface area contributed by atoms with Gasteiger partial charge in [-0.2, -0.15) is 4.98 Å². The molecule has 0 saturated heterocycles. The van der Waals surface area contributed by atoms with Gasteiger partial charge in [0.05, 0.1) is 12.0 Å². The molecule has 0 amide bonds. The van der Waals surface area contributed by atoms with E-state index in [1.54, 1.807) is 32.3 Å². The van der Waals surface area contributed by atoms with Crippen molar-refractivity contribution in [3.63, 3.8) is 0 Å². The van der Waals surface area contributed by atoms with Crippen molar-refractivity contribution in [2.75, 3.05) is 13.2 Å². The molecule has 9 heteroatoms. The second-order valence-corrected chi connectivity index (χ2v) is 8.82. The lowest BCUT2D eigenvalue weighted by atomic mass is 9.86. The summed E-state index contributed by atoms with van der Waals surface area (Å²) in [5.74, 6) is 0.647. The number of nitrogens with zero attached hydrogens (tertiary/aromatic N) is 4. The number of ether oxygens (including phenoxy) is 2. The average molecular weight is 438 g/mol. The monoisotopic (exact) mass is 437 g/mol. The molecular formula is C23H27N5O4. The largest absolute Gasteiger partial charge is 0.481 e. The third kappa shape index (κ3) is 4.87. The van der Waals surface area contributed by atoms with E-state index in [9.17, 15) is 9.90 Å². The molecule has 1 saturated carbocycles. The second-order valence-electron chi connectivity index (χ2n) is 8.82. The van der Waals surface area contributed by atoms with Gasteiger partial charge in [0.1, 0.15) is 12.3 Å². The van der Waals surface area contributed by atoms with Crippen LogP contribution in [0.2, 0.25) is 0 Å². The smallest absolute Gasteiger partial charge is 0.335 e. The summed E-state index contributed by atoms with van der Waals surface area (Å²) < 4.78 is 11.2. The molecule has 1 fully saturated rings. The maximum absolute atomic E-state index is 11.2. The fourth-order valence-electron chi connectivity index (χ4n) is 3.20. The van der Waals surface area contributed by atoms with E-state index in [0.29, 0.717) is 35.9 Å². The highest BCUT2D eigenvalue weighted by atomic mass is 16.5. The van der Waals surface area contributed by atoms with E-state index in [0.717, 1.165) is 16.7 Å². The van der Waals surface area contributed by atoms with Gasteiger partial charge in [-0.05, 0) is 51.2 Å². The molecule has 0 radical (unpaired) electrons. The Morgan fingerprint density at radius 1 is 1.22 bits per heavy atom. The summed E-state index contributed by atoms with van der Waals surface area (Å²) >= 11 is 0. The van der Waals surface area contributed by atoms with Crippen LogP contribution in [-0.4, -0.2) is 49.4 Å². The highest BCUT2D eigenvalue weighted by Gasteiger charge is 2.28. The molecule has 3 heterocycles. The van der Waals surface area contributed by atoms with Gasteiger partial charge in [0.2, 0.25) is 5.88 Å². The molecule has 0 aromatic carbocycles. The zero-order valence-electron chi connectivity index (χ0n) is 18.5. The molecule has 0 aliphatic heterocycles. The second kappa shape index (κ2) is 8.94. The molecule has 4 rings (SSSR count). The van der Waals surface area contributed by atoms with Crippen LogP contribution in [-0.2, 0) is 4.79 Å². The number of rotatable bonds is 9. The van der Waals surface area contributed by atoms with E-state index >= 15 is 0 Å². The Morgan fingerprint density at radius 2 is 2.03 bits per heavy atom. The lowest BCUT2D eigenvalue weighted by Crippen LogP contribution is -2.30. The molecule has 2 N–H and O–H groups in total. The first kappa shape index (κ1) is 21.7. The number of hydrogen-bond acceptors (Lipinski definition) is 7. The topological polar surface area (TPSA) is 123 Å². The minimum atomic E-state index is -0.989. The first-order chi connectivity index (χ1) is 15.3. The number of aromatic amines is 1. The summed E-state index contributed by atoms with van der Waals surface area (Å²) in [6.07, 6.45) is 7.15. The molecule has 0 bridgehead atoms. The van der Waals surface area contributed by atoms with E-state index in [-0.39, 0.29) is 6.61 Å². The molecule has 9 nitrogen and oxygen atoms in total. The van der Waals surface area contributed by atoms with Crippen LogP contribution in [0.25, 0.3) is 22.6 Å². The van der Waals surface area contributed by atoms with E-state index in [4.69, 9.17) is 9.47 Å². The van der Waals surface area contributed by atoms with Crippen LogP contribution in [0.15, 0.2) is 30.6 Å². The van der Waals surface area contributed by atoms with Crippen LogP contribution in [0.3, 0.4) is 0 Å². The number of carbonyl (C=O) groups is 1. The number of aliphatic carboxylic acids is 1. The summed E-state index contributed by atoms with van der Waals surface area (Å²) in [6, 6.07) is 5.95. The number of H-pyrrole nitrogens is 1. The summed E-state index contributed by atoms with van der Waals surface area (Å²) in [5.41, 5.74) is 2.44. The highest BCUT2D eigenvalue weighted by Crippen LogP contribution is 2.28. The average Bonchev–Trinajstić information content (AvgIpc) is 3.20. The normalized spacial score (nSPS) is 14.1. The zero-order valence-corrected chi connectivity index (χ0v) is 18.5. The predicted molar refractivity (Wildman–Crippen MR) is 117 cm³/mol. The Balaban J connectivity index is 1.41. The molecule has 3 aromatic rings. The summed E-state index contributed by atoms with van der Waals surface area (Å²) in [7, 11) is 0. The van der Waals surface area contributed by atoms with Gasteiger partial charge in [0.25, 0.3) is 0 Å². The van der Waals surface area contributed by atoms with Crippen molar-refractivity contribution in [1.29, 1.82) is 0 Å². The van der Waals surface area contributed by atoms with Crippen LogP contribution in [0, 0.1) is 18.3 Å². The number of aromatic nitrogens is 5. The van der Waals surface area contributed by atoms with Crippen LogP contribution in [0.5, 0.6) is 11.9 Å². The predicted octanol–water partition coefficient (Wildman–Crippen LogP) is 3.91. The van der Waals surface area contributed by atoms with Crippen LogP contribution in [0.4, 0.5) is 0 Å². The highest BCUT2D eigenvalue weighted by molar-refractivity contribution is 5.73. The summed E-state index contributed by atoms with van der Waals surface area (Å²) in [5, 5.41) is 16.2. The molecule has 0 spiro atoms. The first-order valence-corrected chi connectivity index (χ1v) is 10.7. The minimum absolute atomic E-state index is 0.0356. The first-order valence-electron chi connectivity index (χ1n) is 10.7. The Kier molecular flexibility index (Phi) is 6.07. The quantitative estimate of drug-likeness (QED) is 0.516. The molecular weight excluding hydrogens is 410 g/mol. The summed E-state index contributed by atoms with van der Waals surface area (Å²) in [6.45, 7) is 5.86. The third-order valence-corrected chi connectivity index (χ3v) is 5.70. The van der Waals surface area contributed by atoms with Crippen molar-refractivity contribution in [3.8, 4) is 34.5 Å². The van der Waals surface area contributed by atoms with Crippen molar-refractivity contribution in [2.45, 2.75) is 40.0 Å². The Hall–Kier alpha value is -3.49. The molecule has 3 aromatic heterocycles. The van der Waals surface area contributed by atoms with Gasteiger partial charge in [-0.15, -0.1) is 5.10 Å². The number of carboxylic acid groups (broad SMARTS) is 1. The van der Waals surface area contributed by atoms with Crippen molar-refractivity contribution < 1.29 is 19.4 Å². The minimum Gasteiger partial charge on any atom is -0.481 e. The van der Waals surface area contributed by atoms with Gasteiger partial charge in [0, 0.05) is 29.6 Å². The third-order valence-electron chi connectivity index (χ3n) is 5.70. The van der Waals surface area contributed by atoms with E-state index < -0.39 is 11.4 Å². The fourth-order valence-corrected chi connectivity index (χ4v) is 3.20. The number of aryl methyl sites for hydroxylation is 1. The zero-order chi connectivity index (χ0) is 22.7. The van der Waals surface area contributed by atoms with Gasteiger partial charge in [-0.1, -0.05) is 12.5 Å². The number of pyridine rings is 2. The Bertz CT molecular complexity index is 1090. The van der Waals surface area contributed by atoms with Crippen LogP contribution in [0.1, 0.15) is 38.7 Å². The maximum Gasteiger partial charge on any atom is 0.335 e. The number of carboxylic acids is 1. The van der Waals surface area contributed by atoms with Crippen molar-refractivity contribution >= 4 is 5.97 Å². The Labute approximate surface area is 186 Å². The van der Waals surface area contributed by atoms with Crippen molar-refractivity contribution in [1.82, 2.24) is 25.1 Å². The van der Waals surface area contributed by atoms with Gasteiger partial charge >= 0.3 is 12.0 Å². The maximum atomic E-state index is 11.2. The summed E-state index contributed by atoms with van der Waals surface area (Å²) in [4.78, 5) is 24.4. The molecule has 0 atom stereocenters. The molecule has 1 aliphatic carbocycles.